The molecule has 2 fully saturated rings. The summed E-state index contributed by atoms with van der Waals surface area (Å²) in [5.41, 5.74) is 1.36. The molecule has 0 heterocycles. The van der Waals surface area contributed by atoms with E-state index in [1.54, 1.807) is 0 Å². The number of benzene rings is 1. The third-order valence-corrected chi connectivity index (χ3v) is 7.22. The molecule has 2 aliphatic carbocycles. The van der Waals surface area contributed by atoms with Crippen molar-refractivity contribution in [3.8, 4) is 0 Å². The highest BCUT2D eigenvalue weighted by Gasteiger charge is 2.44. The van der Waals surface area contributed by atoms with Crippen LogP contribution in [-0.2, 0) is 10.2 Å². The van der Waals surface area contributed by atoms with Crippen molar-refractivity contribution in [2.24, 2.45) is 17.3 Å². The molecule has 0 aromatic heterocycles. The molecule has 0 spiro atoms. The van der Waals surface area contributed by atoms with Crippen LogP contribution in [0.25, 0.3) is 0 Å². The highest BCUT2D eigenvalue weighted by atomic mass is 16.4. The van der Waals surface area contributed by atoms with E-state index >= 15 is 0 Å². The van der Waals surface area contributed by atoms with Gasteiger partial charge in [0.1, 0.15) is 0 Å². The van der Waals surface area contributed by atoms with E-state index in [-0.39, 0.29) is 11.3 Å². The van der Waals surface area contributed by atoms with Gasteiger partial charge in [0.05, 0.1) is 5.92 Å². The molecular weight excluding hydrogens is 320 g/mol. The van der Waals surface area contributed by atoms with Gasteiger partial charge in [0.15, 0.2) is 0 Å². The smallest absolute Gasteiger partial charge is 0.307 e. The predicted octanol–water partition coefficient (Wildman–Crippen LogP) is 6.36. The Morgan fingerprint density at radius 2 is 1.96 bits per heavy atom. The van der Waals surface area contributed by atoms with Gasteiger partial charge in [-0.1, -0.05) is 62.8 Å². The number of rotatable bonds is 9. The van der Waals surface area contributed by atoms with Gasteiger partial charge in [0.25, 0.3) is 0 Å². The molecule has 3 rings (SSSR count). The first kappa shape index (κ1) is 19.2. The van der Waals surface area contributed by atoms with E-state index in [4.69, 9.17) is 0 Å². The SMILES string of the molecule is CCCC(C(=O)O)C(C)(CC=CCC12CCC(CC1)C2)c1ccccc1. The summed E-state index contributed by atoms with van der Waals surface area (Å²) >= 11 is 0. The van der Waals surface area contributed by atoms with Crippen LogP contribution in [0.1, 0.15) is 77.2 Å². The normalized spacial score (nSPS) is 28.3. The van der Waals surface area contributed by atoms with E-state index in [1.165, 1.54) is 38.5 Å². The highest BCUT2D eigenvalue weighted by Crippen LogP contribution is 2.56. The van der Waals surface area contributed by atoms with E-state index < -0.39 is 5.97 Å². The van der Waals surface area contributed by atoms with Crippen LogP contribution >= 0.6 is 0 Å². The number of hydrogen-bond donors (Lipinski definition) is 1. The minimum Gasteiger partial charge on any atom is -0.481 e. The fourth-order valence-corrected chi connectivity index (χ4v) is 5.54. The minimum atomic E-state index is -0.667. The van der Waals surface area contributed by atoms with Crippen molar-refractivity contribution < 1.29 is 9.90 Å². The first-order valence-electron chi connectivity index (χ1n) is 10.4. The van der Waals surface area contributed by atoms with E-state index in [1.807, 2.05) is 18.2 Å². The number of hydrogen-bond acceptors (Lipinski definition) is 1. The van der Waals surface area contributed by atoms with Crippen LogP contribution in [0.3, 0.4) is 0 Å². The lowest BCUT2D eigenvalue weighted by Gasteiger charge is -2.35. The molecule has 2 atom stereocenters. The van der Waals surface area contributed by atoms with Crippen LogP contribution in [-0.4, -0.2) is 11.1 Å². The van der Waals surface area contributed by atoms with Crippen molar-refractivity contribution in [3.63, 3.8) is 0 Å². The molecule has 2 unspecified atom stereocenters. The average molecular weight is 355 g/mol. The van der Waals surface area contributed by atoms with Gasteiger partial charge in [0, 0.05) is 5.41 Å². The second-order valence-corrected chi connectivity index (χ2v) is 8.99. The molecule has 2 saturated carbocycles. The van der Waals surface area contributed by atoms with Crippen LogP contribution in [0.4, 0.5) is 0 Å². The number of allylic oxidation sites excluding steroid dienone is 2. The second-order valence-electron chi connectivity index (χ2n) is 8.99. The Bertz CT molecular complexity index is 625. The number of fused-ring (bicyclic) bond motifs is 2. The summed E-state index contributed by atoms with van der Waals surface area (Å²) in [6.07, 6.45) is 15.3. The van der Waals surface area contributed by atoms with Gasteiger partial charge < -0.3 is 5.11 Å². The summed E-state index contributed by atoms with van der Waals surface area (Å²) in [5.74, 6) is -0.0291. The van der Waals surface area contributed by atoms with Crippen LogP contribution in [0.5, 0.6) is 0 Å². The Morgan fingerprint density at radius 3 is 2.50 bits per heavy atom. The van der Waals surface area contributed by atoms with Gasteiger partial charge in [0.2, 0.25) is 0 Å². The third-order valence-electron chi connectivity index (χ3n) is 7.22. The Balaban J connectivity index is 1.75. The maximum atomic E-state index is 12.0. The molecule has 0 saturated heterocycles. The molecule has 26 heavy (non-hydrogen) atoms. The topological polar surface area (TPSA) is 37.3 Å². The fraction of sp³-hybridized carbons (Fsp3) is 0.625. The Kier molecular flexibility index (Phi) is 5.89. The summed E-state index contributed by atoms with van der Waals surface area (Å²) in [7, 11) is 0. The van der Waals surface area contributed by atoms with E-state index in [0.717, 1.165) is 30.7 Å². The zero-order valence-corrected chi connectivity index (χ0v) is 16.4. The molecule has 0 radical (unpaired) electrons. The monoisotopic (exact) mass is 354 g/mol. The van der Waals surface area contributed by atoms with E-state index in [0.29, 0.717) is 5.41 Å². The number of carboxylic acids is 1. The van der Waals surface area contributed by atoms with E-state index in [9.17, 15) is 9.90 Å². The Hall–Kier alpha value is -1.57. The standard InChI is InChI=1S/C24H34O2/c1-3-9-21(22(25)26)23(2,20-10-5-4-6-11-20)14-7-8-15-24-16-12-19(18-24)13-17-24/h4-8,10-11,19,21H,3,9,12-18H2,1-2H3,(H,25,26). The zero-order chi connectivity index (χ0) is 18.6. The van der Waals surface area contributed by atoms with Crippen molar-refractivity contribution >= 4 is 5.97 Å². The quantitative estimate of drug-likeness (QED) is 0.524. The van der Waals surface area contributed by atoms with Crippen molar-refractivity contribution in [2.75, 3.05) is 0 Å². The molecule has 0 aliphatic heterocycles. The van der Waals surface area contributed by atoms with Gasteiger partial charge in [-0.2, -0.15) is 0 Å². The maximum absolute atomic E-state index is 12.0. The highest BCUT2D eigenvalue weighted by molar-refractivity contribution is 5.72. The molecule has 2 heteroatoms. The lowest BCUT2D eigenvalue weighted by Crippen LogP contribution is -2.37. The maximum Gasteiger partial charge on any atom is 0.307 e. The van der Waals surface area contributed by atoms with Gasteiger partial charge in [-0.05, 0) is 68.3 Å². The minimum absolute atomic E-state index is 0.347. The third kappa shape index (κ3) is 3.89. The predicted molar refractivity (Wildman–Crippen MR) is 107 cm³/mol. The lowest BCUT2D eigenvalue weighted by atomic mass is 9.67. The fourth-order valence-electron chi connectivity index (χ4n) is 5.54. The first-order valence-corrected chi connectivity index (χ1v) is 10.4. The molecule has 2 nitrogen and oxygen atoms in total. The average Bonchev–Trinajstić information content (AvgIpc) is 3.25. The number of aliphatic carboxylic acids is 1. The van der Waals surface area contributed by atoms with Gasteiger partial charge in [-0.3, -0.25) is 4.79 Å². The first-order chi connectivity index (χ1) is 12.5. The van der Waals surface area contributed by atoms with Gasteiger partial charge in [-0.25, -0.2) is 0 Å². The summed E-state index contributed by atoms with van der Waals surface area (Å²) < 4.78 is 0. The summed E-state index contributed by atoms with van der Waals surface area (Å²) in [6, 6.07) is 10.2. The van der Waals surface area contributed by atoms with Gasteiger partial charge >= 0.3 is 5.97 Å². The summed E-state index contributed by atoms with van der Waals surface area (Å²) in [6.45, 7) is 4.22. The van der Waals surface area contributed by atoms with Crippen molar-refractivity contribution in [3.05, 3.63) is 48.0 Å². The van der Waals surface area contributed by atoms with Crippen molar-refractivity contribution in [1.82, 2.24) is 0 Å². The molecule has 1 N–H and O–H groups in total. The molecule has 0 amide bonds. The number of carboxylic acid groups (broad SMARTS) is 1. The van der Waals surface area contributed by atoms with E-state index in [2.05, 4.69) is 38.1 Å². The van der Waals surface area contributed by atoms with Crippen LogP contribution < -0.4 is 0 Å². The van der Waals surface area contributed by atoms with Gasteiger partial charge in [-0.15, -0.1) is 0 Å². The molecule has 1 aromatic rings. The van der Waals surface area contributed by atoms with Crippen LogP contribution in [0.15, 0.2) is 42.5 Å². The second kappa shape index (κ2) is 7.98. The van der Waals surface area contributed by atoms with Crippen molar-refractivity contribution in [2.45, 2.75) is 77.0 Å². The Labute approximate surface area is 158 Å². The molecule has 1 aromatic carbocycles. The lowest BCUT2D eigenvalue weighted by molar-refractivity contribution is -0.144. The number of carbonyl (C=O) groups is 1. The summed E-state index contributed by atoms with van der Waals surface area (Å²) in [5, 5.41) is 9.89. The molecule has 2 bridgehead atoms. The van der Waals surface area contributed by atoms with Crippen LogP contribution in [0, 0.1) is 17.3 Å². The molecule has 142 valence electrons. The molecular formula is C24H34O2. The zero-order valence-electron chi connectivity index (χ0n) is 16.4. The largest absolute Gasteiger partial charge is 0.481 e. The summed E-state index contributed by atoms with van der Waals surface area (Å²) in [4.78, 5) is 12.0. The molecule has 2 aliphatic rings. The van der Waals surface area contributed by atoms with Crippen molar-refractivity contribution in [1.29, 1.82) is 0 Å². The van der Waals surface area contributed by atoms with Crippen LogP contribution in [0.2, 0.25) is 0 Å². The Morgan fingerprint density at radius 1 is 1.27 bits per heavy atom.